The van der Waals surface area contributed by atoms with Gasteiger partial charge in [-0.05, 0) is 32.0 Å². The van der Waals surface area contributed by atoms with Crippen molar-refractivity contribution in [2.24, 2.45) is 0 Å². The van der Waals surface area contributed by atoms with Crippen LogP contribution in [0.15, 0.2) is 40.9 Å². The lowest BCUT2D eigenvalue weighted by Gasteiger charge is -2.10. The van der Waals surface area contributed by atoms with Crippen molar-refractivity contribution in [3.05, 3.63) is 48.0 Å². The first-order valence-electron chi connectivity index (χ1n) is 7.68. The molecule has 3 N–H and O–H groups in total. The van der Waals surface area contributed by atoms with Crippen molar-refractivity contribution in [1.29, 1.82) is 0 Å². The molecular formula is C17H18N6O2. The zero-order chi connectivity index (χ0) is 17.8. The van der Waals surface area contributed by atoms with Crippen LogP contribution in [0, 0.1) is 13.8 Å². The van der Waals surface area contributed by atoms with E-state index in [1.54, 1.807) is 19.1 Å². The average molecular weight is 338 g/mol. The maximum atomic E-state index is 11.2. The van der Waals surface area contributed by atoms with Gasteiger partial charge in [-0.1, -0.05) is 11.2 Å². The highest BCUT2D eigenvalue weighted by molar-refractivity contribution is 5.89. The fraction of sp³-hybridized carbons (Fsp3) is 0.176. The fourth-order valence-corrected chi connectivity index (χ4v) is 2.28. The van der Waals surface area contributed by atoms with Crippen molar-refractivity contribution in [2.45, 2.75) is 20.8 Å². The largest absolute Gasteiger partial charge is 0.360 e. The monoisotopic (exact) mass is 338 g/mol. The molecule has 128 valence electrons. The topological polar surface area (TPSA) is 105 Å². The number of carbonyl (C=O) groups is 1. The summed E-state index contributed by atoms with van der Waals surface area (Å²) in [6.07, 6.45) is 0. The lowest BCUT2D eigenvalue weighted by Crippen LogP contribution is -2.06. The van der Waals surface area contributed by atoms with E-state index in [0.717, 1.165) is 5.69 Å². The number of hydrogen-bond donors (Lipinski definition) is 3. The number of nitrogens with zero attached hydrogens (tertiary/aromatic N) is 3. The van der Waals surface area contributed by atoms with Crippen LogP contribution in [-0.4, -0.2) is 21.0 Å². The number of carbonyl (C=O) groups excluding carboxylic acids is 1. The molecule has 0 saturated heterocycles. The highest BCUT2D eigenvalue weighted by atomic mass is 16.5. The lowest BCUT2D eigenvalue weighted by molar-refractivity contribution is -0.114. The van der Waals surface area contributed by atoms with Crippen LogP contribution in [0.2, 0.25) is 0 Å². The summed E-state index contributed by atoms with van der Waals surface area (Å²) in [6.45, 7) is 5.09. The number of aryl methyl sites for hydroxylation is 2. The maximum absolute atomic E-state index is 11.2. The number of hydrogen-bond acceptors (Lipinski definition) is 7. The Morgan fingerprint density at radius 3 is 2.36 bits per heavy atom. The standard InChI is InChI=1S/C17H18N6O2/c1-10-7-17(23-25-10)22-16-9-15(18-11(2)19-16)21-14-6-4-5-13(8-14)20-12(3)24/h4-9H,1-3H3,(H,20,24)(H2,18,19,21,22,23). The van der Waals surface area contributed by atoms with E-state index >= 15 is 0 Å². The van der Waals surface area contributed by atoms with Crippen LogP contribution >= 0.6 is 0 Å². The first-order chi connectivity index (χ1) is 12.0. The van der Waals surface area contributed by atoms with E-state index in [4.69, 9.17) is 4.52 Å². The summed E-state index contributed by atoms with van der Waals surface area (Å²) >= 11 is 0. The van der Waals surface area contributed by atoms with Gasteiger partial charge in [0.15, 0.2) is 5.82 Å². The molecule has 2 heterocycles. The quantitative estimate of drug-likeness (QED) is 0.653. The van der Waals surface area contributed by atoms with Crippen LogP contribution in [0.4, 0.5) is 28.8 Å². The molecule has 2 aromatic heterocycles. The predicted octanol–water partition coefficient (Wildman–Crippen LogP) is 3.53. The summed E-state index contributed by atoms with van der Waals surface area (Å²) in [5.74, 6) is 2.99. The Kier molecular flexibility index (Phi) is 4.60. The normalized spacial score (nSPS) is 10.4. The van der Waals surface area contributed by atoms with Gasteiger partial charge in [0.2, 0.25) is 5.91 Å². The Morgan fingerprint density at radius 1 is 0.960 bits per heavy atom. The lowest BCUT2D eigenvalue weighted by atomic mass is 10.2. The first-order valence-corrected chi connectivity index (χ1v) is 7.68. The van der Waals surface area contributed by atoms with Crippen LogP contribution < -0.4 is 16.0 Å². The summed E-state index contributed by atoms with van der Waals surface area (Å²) in [6, 6.07) is 10.9. The Balaban J connectivity index is 1.79. The van der Waals surface area contributed by atoms with Gasteiger partial charge < -0.3 is 20.5 Å². The van der Waals surface area contributed by atoms with E-state index in [1.807, 2.05) is 31.2 Å². The van der Waals surface area contributed by atoms with E-state index in [1.165, 1.54) is 6.92 Å². The highest BCUT2D eigenvalue weighted by Crippen LogP contribution is 2.22. The Labute approximate surface area is 144 Å². The van der Waals surface area contributed by atoms with Crippen LogP contribution in [-0.2, 0) is 4.79 Å². The van der Waals surface area contributed by atoms with Crippen LogP contribution in [0.3, 0.4) is 0 Å². The number of aromatic nitrogens is 3. The second-order valence-corrected chi connectivity index (χ2v) is 5.52. The third-order valence-corrected chi connectivity index (χ3v) is 3.18. The van der Waals surface area contributed by atoms with E-state index in [-0.39, 0.29) is 5.91 Å². The second-order valence-electron chi connectivity index (χ2n) is 5.52. The molecule has 8 heteroatoms. The minimum atomic E-state index is -0.121. The number of benzene rings is 1. The average Bonchev–Trinajstić information content (AvgIpc) is 2.91. The molecule has 0 aliphatic heterocycles. The van der Waals surface area contributed by atoms with Crippen molar-refractivity contribution in [3.63, 3.8) is 0 Å². The summed E-state index contributed by atoms with van der Waals surface area (Å²) < 4.78 is 5.03. The molecule has 0 aliphatic carbocycles. The molecule has 8 nitrogen and oxygen atoms in total. The zero-order valence-corrected chi connectivity index (χ0v) is 14.1. The van der Waals surface area contributed by atoms with Crippen LogP contribution in [0.25, 0.3) is 0 Å². The van der Waals surface area contributed by atoms with Gasteiger partial charge in [0.1, 0.15) is 23.2 Å². The van der Waals surface area contributed by atoms with Crippen molar-refractivity contribution in [1.82, 2.24) is 15.1 Å². The SMILES string of the molecule is CC(=O)Nc1cccc(Nc2cc(Nc3cc(C)on3)nc(C)n2)c1. The van der Waals surface area contributed by atoms with Crippen molar-refractivity contribution < 1.29 is 9.32 Å². The van der Waals surface area contributed by atoms with Crippen LogP contribution in [0.5, 0.6) is 0 Å². The molecule has 0 radical (unpaired) electrons. The number of rotatable bonds is 5. The molecule has 1 aromatic carbocycles. The summed E-state index contributed by atoms with van der Waals surface area (Å²) in [5.41, 5.74) is 1.51. The van der Waals surface area contributed by atoms with Gasteiger partial charge in [-0.25, -0.2) is 9.97 Å². The van der Waals surface area contributed by atoms with Gasteiger partial charge in [0.05, 0.1) is 0 Å². The third kappa shape index (κ3) is 4.54. The highest BCUT2D eigenvalue weighted by Gasteiger charge is 2.06. The summed E-state index contributed by atoms with van der Waals surface area (Å²) in [4.78, 5) is 19.9. The van der Waals surface area contributed by atoms with E-state index in [0.29, 0.717) is 34.7 Å². The molecule has 0 unspecified atom stereocenters. The van der Waals surface area contributed by atoms with Gasteiger partial charge >= 0.3 is 0 Å². The van der Waals surface area contributed by atoms with E-state index < -0.39 is 0 Å². The smallest absolute Gasteiger partial charge is 0.221 e. The molecule has 0 fully saturated rings. The van der Waals surface area contributed by atoms with Crippen molar-refractivity contribution in [2.75, 3.05) is 16.0 Å². The molecular weight excluding hydrogens is 320 g/mol. The fourth-order valence-electron chi connectivity index (χ4n) is 2.28. The second kappa shape index (κ2) is 7.00. The molecule has 0 aliphatic rings. The Hall–Kier alpha value is -3.42. The third-order valence-electron chi connectivity index (χ3n) is 3.18. The van der Waals surface area contributed by atoms with Crippen molar-refractivity contribution in [3.8, 4) is 0 Å². The van der Waals surface area contributed by atoms with Crippen molar-refractivity contribution >= 4 is 34.7 Å². The van der Waals surface area contributed by atoms with Crippen LogP contribution in [0.1, 0.15) is 18.5 Å². The molecule has 1 amide bonds. The summed E-state index contributed by atoms with van der Waals surface area (Å²) in [7, 11) is 0. The molecule has 3 rings (SSSR count). The van der Waals surface area contributed by atoms with E-state index in [9.17, 15) is 4.79 Å². The number of amides is 1. The maximum Gasteiger partial charge on any atom is 0.221 e. The molecule has 0 saturated carbocycles. The first kappa shape index (κ1) is 16.4. The zero-order valence-electron chi connectivity index (χ0n) is 14.1. The minimum absolute atomic E-state index is 0.121. The minimum Gasteiger partial charge on any atom is -0.360 e. The predicted molar refractivity (Wildman–Crippen MR) is 95.3 cm³/mol. The molecule has 0 spiro atoms. The van der Waals surface area contributed by atoms with E-state index in [2.05, 4.69) is 31.1 Å². The Morgan fingerprint density at radius 2 is 1.68 bits per heavy atom. The molecule has 0 bridgehead atoms. The van der Waals surface area contributed by atoms with Gasteiger partial charge in [0, 0.05) is 30.4 Å². The summed E-state index contributed by atoms with van der Waals surface area (Å²) in [5, 5.41) is 12.9. The van der Waals surface area contributed by atoms with Gasteiger partial charge in [0.25, 0.3) is 0 Å². The molecule has 0 atom stereocenters. The molecule has 3 aromatic rings. The molecule has 25 heavy (non-hydrogen) atoms. The van der Waals surface area contributed by atoms with Gasteiger partial charge in [-0.15, -0.1) is 0 Å². The Bertz CT molecular complexity index is 906. The van der Waals surface area contributed by atoms with Gasteiger partial charge in [-0.3, -0.25) is 4.79 Å². The number of nitrogens with one attached hydrogen (secondary N) is 3. The number of anilines is 5. The van der Waals surface area contributed by atoms with Gasteiger partial charge in [-0.2, -0.15) is 0 Å².